The summed E-state index contributed by atoms with van der Waals surface area (Å²) in [5.41, 5.74) is 6.61. The van der Waals surface area contributed by atoms with Gasteiger partial charge in [0, 0.05) is 19.6 Å². The zero-order valence-electron chi connectivity index (χ0n) is 23.5. The van der Waals surface area contributed by atoms with Gasteiger partial charge in [0.15, 0.2) is 0 Å². The molecule has 5 heteroatoms. The highest BCUT2D eigenvalue weighted by Gasteiger charge is 2.39. The Morgan fingerprint density at radius 1 is 1.00 bits per heavy atom. The minimum atomic E-state index is -0.393. The molecule has 5 rings (SSSR count). The van der Waals surface area contributed by atoms with Crippen molar-refractivity contribution in [3.8, 4) is 11.5 Å². The van der Waals surface area contributed by atoms with Crippen molar-refractivity contribution in [2.45, 2.75) is 71.4 Å². The van der Waals surface area contributed by atoms with Crippen molar-refractivity contribution < 1.29 is 14.2 Å². The summed E-state index contributed by atoms with van der Waals surface area (Å²) in [4.78, 5) is 2.47. The van der Waals surface area contributed by atoms with Gasteiger partial charge in [-0.1, -0.05) is 56.3 Å². The normalized spacial score (nSPS) is 17.9. The van der Waals surface area contributed by atoms with E-state index in [1.54, 1.807) is 0 Å². The van der Waals surface area contributed by atoms with Crippen LogP contribution in [0.3, 0.4) is 0 Å². The number of aromatic hydroxyl groups is 1. The molecule has 0 aromatic heterocycles. The summed E-state index contributed by atoms with van der Waals surface area (Å²) in [5.74, 6) is 1.66. The number of phenolic OH excluding ortho intramolecular Hbond substituents is 1. The molecule has 2 heterocycles. The maximum absolute atomic E-state index is 13.2. The van der Waals surface area contributed by atoms with E-state index in [1.807, 2.05) is 18.2 Å². The Kier molecular flexibility index (Phi) is 9.08. The summed E-state index contributed by atoms with van der Waals surface area (Å²) in [5, 5.41) is 11.3. The maximum Gasteiger partial charge on any atom is 0.132 e. The highest BCUT2D eigenvalue weighted by Crippen LogP contribution is 2.49. The number of ether oxygens (including phenoxy) is 1. The summed E-state index contributed by atoms with van der Waals surface area (Å²) >= 11 is 0. The molecular formula is C34H41ClFNO2. The van der Waals surface area contributed by atoms with Gasteiger partial charge >= 0.3 is 0 Å². The molecule has 2 unspecified atom stereocenters. The van der Waals surface area contributed by atoms with Crippen LogP contribution < -0.4 is 4.74 Å². The first kappa shape index (κ1) is 29.2. The van der Waals surface area contributed by atoms with Crippen LogP contribution in [0.15, 0.2) is 72.3 Å². The van der Waals surface area contributed by atoms with Gasteiger partial charge in [-0.15, -0.1) is 12.4 Å². The van der Waals surface area contributed by atoms with E-state index in [2.05, 4.69) is 69.0 Å². The Balaban J connectivity index is 0.00000353. The van der Waals surface area contributed by atoms with Gasteiger partial charge in [-0.3, -0.25) is 4.90 Å². The van der Waals surface area contributed by atoms with Crippen LogP contribution in [-0.2, 0) is 13.0 Å². The average molecular weight is 550 g/mol. The first-order valence-electron chi connectivity index (χ1n) is 14.0. The first-order valence-corrected chi connectivity index (χ1v) is 14.0. The molecule has 3 aromatic carbocycles. The molecule has 3 aromatic rings. The summed E-state index contributed by atoms with van der Waals surface area (Å²) < 4.78 is 19.8. The molecule has 3 nitrogen and oxygen atoms in total. The van der Waals surface area contributed by atoms with Crippen molar-refractivity contribution >= 4 is 18.0 Å². The number of fused-ring (bicyclic) bond motifs is 2. The lowest BCUT2D eigenvalue weighted by atomic mass is 9.79. The number of hydrogen-bond donors (Lipinski definition) is 1. The quantitative estimate of drug-likeness (QED) is 0.305. The van der Waals surface area contributed by atoms with Gasteiger partial charge < -0.3 is 9.84 Å². The Hall–Kier alpha value is -2.82. The predicted octanol–water partition coefficient (Wildman–Crippen LogP) is 8.55. The van der Waals surface area contributed by atoms with Gasteiger partial charge in [0.25, 0.3) is 0 Å². The predicted molar refractivity (Wildman–Crippen MR) is 160 cm³/mol. The van der Waals surface area contributed by atoms with Crippen LogP contribution in [0.4, 0.5) is 4.39 Å². The van der Waals surface area contributed by atoms with E-state index >= 15 is 0 Å². The molecule has 39 heavy (non-hydrogen) atoms. The Morgan fingerprint density at radius 2 is 1.72 bits per heavy atom. The van der Waals surface area contributed by atoms with Gasteiger partial charge in [0.1, 0.15) is 22.9 Å². The largest absolute Gasteiger partial charge is 0.507 e. The third-order valence-corrected chi connectivity index (χ3v) is 8.59. The fourth-order valence-electron chi connectivity index (χ4n) is 6.15. The molecule has 0 amide bonds. The molecule has 0 fully saturated rings. The monoisotopic (exact) mass is 549 g/mol. The zero-order valence-corrected chi connectivity index (χ0v) is 24.4. The molecule has 2 aliphatic rings. The number of phenols is 1. The van der Waals surface area contributed by atoms with Crippen molar-refractivity contribution in [1.82, 2.24) is 4.90 Å². The number of aryl methyl sites for hydroxylation is 1. The fourth-order valence-corrected chi connectivity index (χ4v) is 6.15. The van der Waals surface area contributed by atoms with Crippen LogP contribution >= 0.6 is 12.4 Å². The van der Waals surface area contributed by atoms with E-state index < -0.39 is 5.60 Å². The smallest absolute Gasteiger partial charge is 0.132 e. The Morgan fingerprint density at radius 3 is 2.44 bits per heavy atom. The van der Waals surface area contributed by atoms with E-state index in [-0.39, 0.29) is 24.1 Å². The summed E-state index contributed by atoms with van der Waals surface area (Å²) in [7, 11) is 0. The number of benzene rings is 3. The minimum Gasteiger partial charge on any atom is -0.507 e. The maximum atomic E-state index is 13.2. The second-order valence-corrected chi connectivity index (χ2v) is 11.7. The molecule has 2 aliphatic heterocycles. The highest BCUT2D eigenvalue weighted by molar-refractivity contribution is 5.85. The number of rotatable bonds is 8. The van der Waals surface area contributed by atoms with Crippen molar-refractivity contribution in [2.75, 3.05) is 13.1 Å². The number of nitrogens with zero attached hydrogens (tertiary/aromatic N) is 1. The zero-order chi connectivity index (χ0) is 26.9. The SMILES string of the molecule is CC(CCCc1ccc(F)cc1)C(C)c1cc(O)c2c(c1)OC(C)(C)C1=C2CN(Cc2ccccc2)CC1.Cl. The van der Waals surface area contributed by atoms with Crippen molar-refractivity contribution in [3.63, 3.8) is 0 Å². The molecule has 0 saturated heterocycles. The average Bonchev–Trinajstić information content (AvgIpc) is 2.89. The molecule has 0 spiro atoms. The first-order chi connectivity index (χ1) is 18.2. The standard InChI is InChI=1S/C34H40FNO2.ClH/c1-23(9-8-12-25-13-15-28(35)16-14-25)24(2)27-19-31(37)33-29-22-36(21-26-10-6-5-7-11-26)18-17-30(29)34(3,4)38-32(33)20-27;/h5-7,10-11,13-16,19-20,23-24,37H,8-9,12,17-18,21-22H2,1-4H3;1H. The molecule has 208 valence electrons. The van der Waals surface area contributed by atoms with E-state index in [9.17, 15) is 9.50 Å². The highest BCUT2D eigenvalue weighted by atomic mass is 35.5. The molecule has 2 atom stereocenters. The van der Waals surface area contributed by atoms with Crippen LogP contribution in [0.5, 0.6) is 11.5 Å². The van der Waals surface area contributed by atoms with Gasteiger partial charge in [0.05, 0.1) is 5.56 Å². The van der Waals surface area contributed by atoms with E-state index in [0.29, 0.717) is 11.7 Å². The lowest BCUT2D eigenvalue weighted by molar-refractivity contribution is 0.129. The Bertz CT molecular complexity index is 1300. The number of halogens is 2. The summed E-state index contributed by atoms with van der Waals surface area (Å²) in [6, 6.07) is 21.5. The minimum absolute atomic E-state index is 0. The van der Waals surface area contributed by atoms with E-state index in [0.717, 1.165) is 62.2 Å². The van der Waals surface area contributed by atoms with Crippen LogP contribution in [0, 0.1) is 11.7 Å². The topological polar surface area (TPSA) is 32.7 Å². The van der Waals surface area contributed by atoms with Gasteiger partial charge in [-0.2, -0.15) is 0 Å². The molecule has 1 N–H and O–H groups in total. The lowest BCUT2D eigenvalue weighted by Crippen LogP contribution is -2.42. The summed E-state index contributed by atoms with van der Waals surface area (Å²) in [6.07, 6.45) is 4.00. The molecule has 0 radical (unpaired) electrons. The molecule has 0 saturated carbocycles. The molecular weight excluding hydrogens is 509 g/mol. The van der Waals surface area contributed by atoms with Crippen LogP contribution in [0.1, 0.15) is 75.1 Å². The summed E-state index contributed by atoms with van der Waals surface area (Å²) in [6.45, 7) is 11.5. The van der Waals surface area contributed by atoms with Crippen molar-refractivity contribution in [1.29, 1.82) is 0 Å². The van der Waals surface area contributed by atoms with Gasteiger partial charge in [0.2, 0.25) is 0 Å². The fraction of sp³-hybridized carbons (Fsp3) is 0.412. The Labute approximate surface area is 239 Å². The van der Waals surface area contributed by atoms with E-state index in [1.165, 1.54) is 34.4 Å². The van der Waals surface area contributed by atoms with Crippen molar-refractivity contribution in [3.05, 3.63) is 100 Å². The van der Waals surface area contributed by atoms with Gasteiger partial charge in [-0.05, 0) is 103 Å². The van der Waals surface area contributed by atoms with E-state index in [4.69, 9.17) is 4.74 Å². The van der Waals surface area contributed by atoms with Crippen molar-refractivity contribution in [2.24, 2.45) is 5.92 Å². The number of hydrogen-bond acceptors (Lipinski definition) is 3. The van der Waals surface area contributed by atoms with Crippen LogP contribution in [-0.4, -0.2) is 28.7 Å². The third-order valence-electron chi connectivity index (χ3n) is 8.59. The molecule has 0 bridgehead atoms. The second kappa shape index (κ2) is 12.1. The lowest BCUT2D eigenvalue weighted by Gasteiger charge is -2.42. The molecule has 0 aliphatic carbocycles. The van der Waals surface area contributed by atoms with Crippen LogP contribution in [0.2, 0.25) is 0 Å². The van der Waals surface area contributed by atoms with Gasteiger partial charge in [-0.25, -0.2) is 4.39 Å². The van der Waals surface area contributed by atoms with Crippen LogP contribution in [0.25, 0.3) is 5.57 Å². The third kappa shape index (κ3) is 6.50. The second-order valence-electron chi connectivity index (χ2n) is 11.7.